The molecule has 1 aliphatic rings. The molecule has 1 aliphatic carbocycles. The van der Waals surface area contributed by atoms with Crippen LogP contribution in [-0.2, 0) is 11.3 Å². The van der Waals surface area contributed by atoms with E-state index in [2.05, 4.69) is 20.9 Å². The second-order valence-corrected chi connectivity index (χ2v) is 6.15. The Bertz CT molecular complexity index is 541. The predicted octanol–water partition coefficient (Wildman–Crippen LogP) is 2.45. The van der Waals surface area contributed by atoms with Crippen molar-refractivity contribution in [2.45, 2.75) is 44.7 Å². The van der Waals surface area contributed by atoms with E-state index < -0.39 is 0 Å². The Morgan fingerprint density at radius 1 is 1.26 bits per heavy atom. The Balaban J connectivity index is 1.66. The number of amides is 1. The summed E-state index contributed by atoms with van der Waals surface area (Å²) in [5.41, 5.74) is 1.01. The van der Waals surface area contributed by atoms with Crippen LogP contribution in [0, 0.1) is 0 Å². The summed E-state index contributed by atoms with van der Waals surface area (Å²) >= 11 is 6.12. The monoisotopic (exact) mass is 336 g/mol. The molecule has 126 valence electrons. The van der Waals surface area contributed by atoms with E-state index in [1.165, 1.54) is 12.8 Å². The summed E-state index contributed by atoms with van der Waals surface area (Å²) in [5.74, 6) is 0.768. The third-order valence-corrected chi connectivity index (χ3v) is 4.36. The minimum atomic E-state index is 0.103. The first kappa shape index (κ1) is 17.6. The van der Waals surface area contributed by atoms with E-state index in [0.717, 1.165) is 23.4 Å². The molecule has 5 nitrogen and oxygen atoms in total. The normalized spacial score (nSPS) is 15.5. The first-order valence-corrected chi connectivity index (χ1v) is 8.54. The fraction of sp³-hybridized carbons (Fsp3) is 0.529. The average Bonchev–Trinajstić information content (AvgIpc) is 3.05. The molecule has 3 N–H and O–H groups in total. The zero-order chi connectivity index (χ0) is 16.5. The predicted molar refractivity (Wildman–Crippen MR) is 94.7 cm³/mol. The Labute approximate surface area is 142 Å². The number of nitrogens with one attached hydrogen (secondary N) is 3. The molecule has 0 spiro atoms. The maximum absolute atomic E-state index is 11.9. The molecule has 0 unspecified atom stereocenters. The highest BCUT2D eigenvalue weighted by molar-refractivity contribution is 6.31. The zero-order valence-corrected chi connectivity index (χ0v) is 14.3. The number of halogens is 1. The highest BCUT2D eigenvalue weighted by Gasteiger charge is 2.16. The van der Waals surface area contributed by atoms with Gasteiger partial charge in [0, 0.05) is 37.6 Å². The molecule has 1 aromatic carbocycles. The fourth-order valence-electron chi connectivity index (χ4n) is 2.71. The Morgan fingerprint density at radius 2 is 2.00 bits per heavy atom. The molecule has 0 bridgehead atoms. The van der Waals surface area contributed by atoms with E-state index in [0.29, 0.717) is 31.5 Å². The van der Waals surface area contributed by atoms with Crippen LogP contribution in [0.3, 0.4) is 0 Å². The molecule has 23 heavy (non-hydrogen) atoms. The van der Waals surface area contributed by atoms with Gasteiger partial charge in [0.2, 0.25) is 5.91 Å². The summed E-state index contributed by atoms with van der Waals surface area (Å²) in [6, 6.07) is 8.06. The number of benzene rings is 1. The molecular weight excluding hydrogens is 312 g/mol. The van der Waals surface area contributed by atoms with Crippen molar-refractivity contribution in [3.8, 4) is 0 Å². The number of carbonyl (C=O) groups is 1. The van der Waals surface area contributed by atoms with Gasteiger partial charge in [-0.05, 0) is 24.5 Å². The molecule has 0 heterocycles. The SMILES string of the molecule is CN=C(NCCC(=O)NC1CCCC1)NCc1ccccc1Cl. The van der Waals surface area contributed by atoms with E-state index in [1.807, 2.05) is 24.3 Å². The third kappa shape index (κ3) is 6.10. The molecule has 0 aliphatic heterocycles. The van der Waals surface area contributed by atoms with Crippen LogP contribution in [0.15, 0.2) is 29.3 Å². The van der Waals surface area contributed by atoms with Crippen molar-refractivity contribution in [1.29, 1.82) is 0 Å². The van der Waals surface area contributed by atoms with Gasteiger partial charge in [-0.3, -0.25) is 9.79 Å². The van der Waals surface area contributed by atoms with Crippen molar-refractivity contribution >= 4 is 23.5 Å². The lowest BCUT2D eigenvalue weighted by atomic mass is 10.2. The van der Waals surface area contributed by atoms with Crippen molar-refractivity contribution in [2.75, 3.05) is 13.6 Å². The first-order valence-electron chi connectivity index (χ1n) is 8.16. The van der Waals surface area contributed by atoms with Crippen molar-refractivity contribution in [3.05, 3.63) is 34.9 Å². The van der Waals surface area contributed by atoms with Gasteiger partial charge >= 0.3 is 0 Å². The van der Waals surface area contributed by atoms with E-state index >= 15 is 0 Å². The smallest absolute Gasteiger partial charge is 0.221 e. The van der Waals surface area contributed by atoms with Crippen LogP contribution < -0.4 is 16.0 Å². The fourth-order valence-corrected chi connectivity index (χ4v) is 2.91. The van der Waals surface area contributed by atoms with Gasteiger partial charge in [-0.15, -0.1) is 0 Å². The Hall–Kier alpha value is -1.75. The van der Waals surface area contributed by atoms with Crippen molar-refractivity contribution < 1.29 is 4.79 Å². The number of nitrogens with zero attached hydrogens (tertiary/aromatic N) is 1. The quantitative estimate of drug-likeness (QED) is 0.552. The zero-order valence-electron chi connectivity index (χ0n) is 13.6. The Kier molecular flexibility index (Phi) is 7.20. The van der Waals surface area contributed by atoms with Crippen LogP contribution in [0.1, 0.15) is 37.7 Å². The van der Waals surface area contributed by atoms with Crippen LogP contribution in [0.2, 0.25) is 5.02 Å². The standard InChI is InChI=1S/C17H25ClN4O/c1-19-17(21-12-13-6-2-5-9-15(13)18)20-11-10-16(23)22-14-7-3-4-8-14/h2,5-6,9,14H,3-4,7-8,10-12H2,1H3,(H,22,23)(H2,19,20,21). The molecule has 1 saturated carbocycles. The van der Waals surface area contributed by atoms with Crippen molar-refractivity contribution in [3.63, 3.8) is 0 Å². The topological polar surface area (TPSA) is 65.5 Å². The number of hydrogen-bond acceptors (Lipinski definition) is 2. The van der Waals surface area contributed by atoms with E-state index in [1.54, 1.807) is 7.05 Å². The lowest BCUT2D eigenvalue weighted by Crippen LogP contribution is -2.40. The lowest BCUT2D eigenvalue weighted by Gasteiger charge is -2.14. The third-order valence-electron chi connectivity index (χ3n) is 3.99. The van der Waals surface area contributed by atoms with Crippen molar-refractivity contribution in [1.82, 2.24) is 16.0 Å². The molecule has 0 aromatic heterocycles. The molecule has 2 rings (SSSR count). The second-order valence-electron chi connectivity index (χ2n) is 5.74. The van der Waals surface area contributed by atoms with Crippen LogP contribution >= 0.6 is 11.6 Å². The van der Waals surface area contributed by atoms with E-state index in [9.17, 15) is 4.79 Å². The second kappa shape index (κ2) is 9.40. The molecule has 0 radical (unpaired) electrons. The van der Waals surface area contributed by atoms with Gasteiger partial charge in [-0.25, -0.2) is 0 Å². The highest BCUT2D eigenvalue weighted by Crippen LogP contribution is 2.17. The number of hydrogen-bond donors (Lipinski definition) is 3. The van der Waals surface area contributed by atoms with E-state index in [4.69, 9.17) is 11.6 Å². The molecule has 6 heteroatoms. The van der Waals surface area contributed by atoms with Gasteiger partial charge in [-0.2, -0.15) is 0 Å². The largest absolute Gasteiger partial charge is 0.356 e. The first-order chi connectivity index (χ1) is 11.2. The van der Waals surface area contributed by atoms with Crippen LogP contribution in [0.5, 0.6) is 0 Å². The number of rotatable bonds is 6. The van der Waals surface area contributed by atoms with Gasteiger partial charge < -0.3 is 16.0 Å². The summed E-state index contributed by atoms with van der Waals surface area (Å²) in [6.07, 6.45) is 5.12. The molecule has 1 amide bonds. The Morgan fingerprint density at radius 3 is 2.70 bits per heavy atom. The maximum Gasteiger partial charge on any atom is 0.221 e. The summed E-state index contributed by atoms with van der Waals surface area (Å²) in [7, 11) is 1.71. The maximum atomic E-state index is 11.9. The summed E-state index contributed by atoms with van der Waals surface area (Å²) in [5, 5.41) is 10.2. The molecular formula is C17H25ClN4O. The molecule has 1 fully saturated rings. The lowest BCUT2D eigenvalue weighted by molar-refractivity contribution is -0.121. The average molecular weight is 337 g/mol. The van der Waals surface area contributed by atoms with Gasteiger partial charge in [0.15, 0.2) is 5.96 Å². The molecule has 0 saturated heterocycles. The summed E-state index contributed by atoms with van der Waals surface area (Å²) in [4.78, 5) is 16.0. The summed E-state index contributed by atoms with van der Waals surface area (Å²) < 4.78 is 0. The van der Waals surface area contributed by atoms with Gasteiger partial charge in [0.25, 0.3) is 0 Å². The van der Waals surface area contributed by atoms with Crippen LogP contribution in [-0.4, -0.2) is 31.5 Å². The minimum Gasteiger partial charge on any atom is -0.356 e. The molecule has 1 aromatic rings. The number of aliphatic imine (C=N–C) groups is 1. The van der Waals surface area contributed by atoms with Crippen LogP contribution in [0.4, 0.5) is 0 Å². The molecule has 0 atom stereocenters. The van der Waals surface area contributed by atoms with Crippen LogP contribution in [0.25, 0.3) is 0 Å². The number of guanidine groups is 1. The van der Waals surface area contributed by atoms with Gasteiger partial charge in [0.1, 0.15) is 0 Å². The van der Waals surface area contributed by atoms with E-state index in [-0.39, 0.29) is 5.91 Å². The minimum absolute atomic E-state index is 0.103. The number of carbonyl (C=O) groups excluding carboxylic acids is 1. The van der Waals surface area contributed by atoms with Crippen molar-refractivity contribution in [2.24, 2.45) is 4.99 Å². The summed E-state index contributed by atoms with van der Waals surface area (Å²) in [6.45, 7) is 1.15. The van der Waals surface area contributed by atoms with Gasteiger partial charge in [-0.1, -0.05) is 42.6 Å². The van der Waals surface area contributed by atoms with Gasteiger partial charge in [0.05, 0.1) is 0 Å². The highest BCUT2D eigenvalue weighted by atomic mass is 35.5.